The summed E-state index contributed by atoms with van der Waals surface area (Å²) >= 11 is 0. The first-order valence-corrected chi connectivity index (χ1v) is 23.6. The van der Waals surface area contributed by atoms with E-state index in [1.54, 1.807) is 0 Å². The van der Waals surface area contributed by atoms with Crippen LogP contribution in [0.15, 0.2) is 0 Å². The molecule has 0 heterocycles. The SMILES string of the molecule is CCCCCCCCCCCCCCCCCCCCCCC(=O)O[C@@H](COC(=O)CCCCCCCCCCCC)COP(=O)(O)OC[C@H](N)C(=O)O. The second-order valence-corrected chi connectivity index (χ2v) is 16.7. The lowest BCUT2D eigenvalue weighted by atomic mass is 10.0. The number of esters is 2. The Kier molecular flexibility index (Phi) is 37.3. The van der Waals surface area contributed by atoms with Crippen molar-refractivity contribution in [3.8, 4) is 0 Å². The molecular formula is C42H82NO10P. The van der Waals surface area contributed by atoms with Crippen LogP contribution in [0.1, 0.15) is 219 Å². The maximum absolute atomic E-state index is 12.6. The summed E-state index contributed by atoms with van der Waals surface area (Å²) in [5.74, 6) is -2.36. The molecule has 0 aliphatic rings. The van der Waals surface area contributed by atoms with Crippen LogP contribution < -0.4 is 5.73 Å². The molecule has 4 N–H and O–H groups in total. The molecule has 0 bridgehead atoms. The van der Waals surface area contributed by atoms with E-state index in [4.69, 9.17) is 24.8 Å². The molecule has 1 unspecified atom stereocenters. The number of carboxylic acid groups (broad SMARTS) is 1. The molecule has 12 heteroatoms. The lowest BCUT2D eigenvalue weighted by molar-refractivity contribution is -0.161. The van der Waals surface area contributed by atoms with Crippen molar-refractivity contribution in [2.75, 3.05) is 19.8 Å². The Labute approximate surface area is 329 Å². The maximum atomic E-state index is 12.6. The van der Waals surface area contributed by atoms with Gasteiger partial charge in [-0.25, -0.2) is 4.57 Å². The summed E-state index contributed by atoms with van der Waals surface area (Å²) in [4.78, 5) is 45.8. The summed E-state index contributed by atoms with van der Waals surface area (Å²) in [6.45, 7) is 2.82. The van der Waals surface area contributed by atoms with E-state index in [0.29, 0.717) is 12.8 Å². The van der Waals surface area contributed by atoms with Crippen LogP contribution in [0.5, 0.6) is 0 Å². The molecule has 0 aromatic heterocycles. The van der Waals surface area contributed by atoms with Gasteiger partial charge in [0.15, 0.2) is 6.10 Å². The van der Waals surface area contributed by atoms with E-state index in [-0.39, 0.29) is 19.4 Å². The largest absolute Gasteiger partial charge is 0.480 e. The molecule has 0 aromatic carbocycles. The zero-order valence-electron chi connectivity index (χ0n) is 34.6. The number of rotatable bonds is 42. The molecule has 54 heavy (non-hydrogen) atoms. The highest BCUT2D eigenvalue weighted by molar-refractivity contribution is 7.47. The number of hydrogen-bond donors (Lipinski definition) is 3. The Morgan fingerprint density at radius 2 is 0.815 bits per heavy atom. The Morgan fingerprint density at radius 3 is 1.17 bits per heavy atom. The molecule has 320 valence electrons. The lowest BCUT2D eigenvalue weighted by Gasteiger charge is -2.20. The summed E-state index contributed by atoms with van der Waals surface area (Å²) in [6, 6.07) is -1.52. The number of carboxylic acids is 1. The van der Waals surface area contributed by atoms with Crippen molar-refractivity contribution in [3.05, 3.63) is 0 Å². The van der Waals surface area contributed by atoms with Gasteiger partial charge in [-0.05, 0) is 12.8 Å². The normalized spacial score (nSPS) is 13.7. The van der Waals surface area contributed by atoms with Crippen molar-refractivity contribution >= 4 is 25.7 Å². The van der Waals surface area contributed by atoms with Crippen LogP contribution in [-0.2, 0) is 37.5 Å². The Balaban J connectivity index is 4.23. The van der Waals surface area contributed by atoms with Gasteiger partial charge in [-0.1, -0.05) is 194 Å². The first-order chi connectivity index (χ1) is 26.1. The third-order valence-electron chi connectivity index (χ3n) is 9.86. The predicted molar refractivity (Wildman–Crippen MR) is 217 cm³/mol. The molecule has 0 aromatic rings. The van der Waals surface area contributed by atoms with Crippen molar-refractivity contribution in [1.82, 2.24) is 0 Å². The third kappa shape index (κ3) is 37.4. The minimum atomic E-state index is -4.70. The molecule has 0 aliphatic carbocycles. The summed E-state index contributed by atoms with van der Waals surface area (Å²) in [6.07, 6.45) is 36.0. The maximum Gasteiger partial charge on any atom is 0.472 e. The van der Waals surface area contributed by atoms with Gasteiger partial charge in [-0.3, -0.25) is 23.4 Å². The van der Waals surface area contributed by atoms with Gasteiger partial charge in [0.05, 0.1) is 13.2 Å². The standard InChI is InChI=1S/C42H82NO10P/c1-3-5-7-9-11-13-15-16-17-18-19-20-21-22-23-24-26-28-30-32-34-41(45)53-38(36-51-54(48,49)52-37-39(43)42(46)47)35-50-40(44)33-31-29-27-25-14-12-10-8-6-4-2/h38-39H,3-37,43H2,1-2H3,(H,46,47)(H,48,49)/t38-,39-/m0/s1. The predicted octanol–water partition coefficient (Wildman–Crippen LogP) is 11.5. The molecule has 3 atom stereocenters. The highest BCUT2D eigenvalue weighted by Crippen LogP contribution is 2.43. The quantitative estimate of drug-likeness (QED) is 0.0305. The van der Waals surface area contributed by atoms with Crippen molar-refractivity contribution < 1.29 is 47.5 Å². The number of carbonyl (C=O) groups excluding carboxylic acids is 2. The van der Waals surface area contributed by atoms with Crippen LogP contribution in [0.4, 0.5) is 0 Å². The number of phosphoric acid groups is 1. The highest BCUT2D eigenvalue weighted by Gasteiger charge is 2.28. The molecule has 0 aliphatic heterocycles. The summed E-state index contributed by atoms with van der Waals surface area (Å²) in [5, 5.41) is 8.88. The fraction of sp³-hybridized carbons (Fsp3) is 0.929. The average Bonchev–Trinajstić information content (AvgIpc) is 3.14. The average molecular weight is 792 g/mol. The molecular weight excluding hydrogens is 709 g/mol. The number of aliphatic carboxylic acids is 1. The fourth-order valence-electron chi connectivity index (χ4n) is 6.36. The summed E-state index contributed by atoms with van der Waals surface area (Å²) in [5.41, 5.74) is 5.33. The zero-order valence-corrected chi connectivity index (χ0v) is 35.5. The zero-order chi connectivity index (χ0) is 40.0. The number of nitrogens with two attached hydrogens (primary N) is 1. The number of ether oxygens (including phenoxy) is 2. The topological polar surface area (TPSA) is 172 Å². The molecule has 0 rings (SSSR count). The van der Waals surface area contributed by atoms with Gasteiger partial charge in [-0.15, -0.1) is 0 Å². The van der Waals surface area contributed by atoms with Crippen LogP contribution >= 0.6 is 7.82 Å². The Hall–Kier alpha value is -1.52. The molecule has 11 nitrogen and oxygen atoms in total. The minimum Gasteiger partial charge on any atom is -0.480 e. The van der Waals surface area contributed by atoms with Crippen molar-refractivity contribution in [1.29, 1.82) is 0 Å². The van der Waals surface area contributed by atoms with Crippen molar-refractivity contribution in [2.45, 2.75) is 231 Å². The van der Waals surface area contributed by atoms with E-state index in [1.807, 2.05) is 0 Å². The summed E-state index contributed by atoms with van der Waals surface area (Å²) in [7, 11) is -4.70. The molecule has 0 radical (unpaired) electrons. The van der Waals surface area contributed by atoms with E-state index in [9.17, 15) is 23.8 Å². The van der Waals surface area contributed by atoms with Crippen LogP contribution in [0, 0.1) is 0 Å². The molecule has 0 saturated carbocycles. The van der Waals surface area contributed by atoms with Gasteiger partial charge in [0.1, 0.15) is 12.6 Å². The first-order valence-electron chi connectivity index (χ1n) is 22.1. The number of unbranched alkanes of at least 4 members (excludes halogenated alkanes) is 28. The van der Waals surface area contributed by atoms with Crippen LogP contribution in [0.25, 0.3) is 0 Å². The van der Waals surface area contributed by atoms with E-state index < -0.39 is 51.1 Å². The molecule has 0 spiro atoms. The van der Waals surface area contributed by atoms with Crippen molar-refractivity contribution in [2.24, 2.45) is 5.73 Å². The second kappa shape index (κ2) is 38.4. The number of hydrogen-bond acceptors (Lipinski definition) is 9. The lowest BCUT2D eigenvalue weighted by Crippen LogP contribution is -2.34. The van der Waals surface area contributed by atoms with E-state index in [2.05, 4.69) is 18.4 Å². The van der Waals surface area contributed by atoms with Gasteiger partial charge in [0, 0.05) is 12.8 Å². The highest BCUT2D eigenvalue weighted by atomic mass is 31.2. The van der Waals surface area contributed by atoms with Crippen LogP contribution in [0.3, 0.4) is 0 Å². The van der Waals surface area contributed by atoms with E-state index in [1.165, 1.54) is 141 Å². The Morgan fingerprint density at radius 1 is 0.500 bits per heavy atom. The minimum absolute atomic E-state index is 0.169. The molecule has 0 saturated heterocycles. The number of carbonyl (C=O) groups is 3. The number of phosphoric ester groups is 1. The van der Waals surface area contributed by atoms with Gasteiger partial charge in [0.25, 0.3) is 0 Å². The Bertz CT molecular complexity index is 937. The summed E-state index contributed by atoms with van der Waals surface area (Å²) < 4.78 is 32.6. The van der Waals surface area contributed by atoms with Crippen LogP contribution in [0.2, 0.25) is 0 Å². The third-order valence-corrected chi connectivity index (χ3v) is 10.8. The van der Waals surface area contributed by atoms with Gasteiger partial charge in [-0.2, -0.15) is 0 Å². The molecule has 0 amide bonds. The van der Waals surface area contributed by atoms with Crippen LogP contribution in [-0.4, -0.2) is 59.9 Å². The molecule has 0 fully saturated rings. The first kappa shape index (κ1) is 52.5. The smallest absolute Gasteiger partial charge is 0.472 e. The van der Waals surface area contributed by atoms with Gasteiger partial charge < -0.3 is 25.2 Å². The monoisotopic (exact) mass is 792 g/mol. The van der Waals surface area contributed by atoms with Gasteiger partial charge in [0.2, 0.25) is 0 Å². The second-order valence-electron chi connectivity index (χ2n) is 15.2. The van der Waals surface area contributed by atoms with Crippen molar-refractivity contribution in [3.63, 3.8) is 0 Å². The fourth-order valence-corrected chi connectivity index (χ4v) is 7.14. The van der Waals surface area contributed by atoms with E-state index >= 15 is 0 Å². The van der Waals surface area contributed by atoms with E-state index in [0.717, 1.165) is 38.5 Å². The van der Waals surface area contributed by atoms with Gasteiger partial charge >= 0.3 is 25.7 Å².